The van der Waals surface area contributed by atoms with Gasteiger partial charge in [0.05, 0.1) is 22.8 Å². The van der Waals surface area contributed by atoms with E-state index in [9.17, 15) is 9.59 Å². The zero-order valence-electron chi connectivity index (χ0n) is 15.5. The Morgan fingerprint density at radius 3 is 2.63 bits per heavy atom. The molecule has 2 aromatic heterocycles. The number of benzene rings is 1. The highest BCUT2D eigenvalue weighted by atomic mass is 16.1. The van der Waals surface area contributed by atoms with Gasteiger partial charge >= 0.3 is 0 Å². The van der Waals surface area contributed by atoms with Crippen molar-refractivity contribution in [1.29, 1.82) is 0 Å². The fraction of sp³-hybridized carbons (Fsp3) is 0.300. The molecule has 0 radical (unpaired) electrons. The minimum Gasteiger partial charge on any atom is -0.357 e. The molecule has 0 aliphatic carbocycles. The number of hydrogen-bond donors (Lipinski definition) is 2. The lowest BCUT2D eigenvalue weighted by atomic mass is 10.2. The van der Waals surface area contributed by atoms with Crippen LogP contribution in [0, 0.1) is 0 Å². The molecule has 3 rings (SSSR count). The summed E-state index contributed by atoms with van der Waals surface area (Å²) in [5.41, 5.74) is 1.09. The maximum atomic E-state index is 12.2. The van der Waals surface area contributed by atoms with Crippen LogP contribution in [0.5, 0.6) is 0 Å². The highest BCUT2D eigenvalue weighted by Crippen LogP contribution is 2.14. The van der Waals surface area contributed by atoms with Gasteiger partial charge in [-0.25, -0.2) is 9.97 Å². The van der Waals surface area contributed by atoms with Crippen LogP contribution in [0.1, 0.15) is 26.1 Å². The van der Waals surface area contributed by atoms with Crippen molar-refractivity contribution in [3.63, 3.8) is 0 Å². The highest BCUT2D eigenvalue weighted by Gasteiger charge is 2.08. The maximum Gasteiger partial charge on any atom is 0.258 e. The number of rotatable bonds is 7. The summed E-state index contributed by atoms with van der Waals surface area (Å²) in [6, 6.07) is 10.9. The molecule has 2 heterocycles. The molecule has 2 N–H and O–H groups in total. The number of fused-ring (bicyclic) bond motifs is 1. The van der Waals surface area contributed by atoms with Crippen LogP contribution in [-0.2, 0) is 11.2 Å². The van der Waals surface area contributed by atoms with Crippen LogP contribution in [-0.4, -0.2) is 33.9 Å². The second kappa shape index (κ2) is 8.44. The summed E-state index contributed by atoms with van der Waals surface area (Å²) < 4.78 is 0. The molecule has 0 aliphatic rings. The van der Waals surface area contributed by atoms with E-state index in [1.165, 1.54) is 0 Å². The van der Waals surface area contributed by atoms with E-state index in [2.05, 4.69) is 39.0 Å². The first-order valence-corrected chi connectivity index (χ1v) is 9.09. The minimum atomic E-state index is -0.188. The molecule has 1 aromatic carbocycles. The van der Waals surface area contributed by atoms with Crippen molar-refractivity contribution in [3.8, 4) is 0 Å². The van der Waals surface area contributed by atoms with Crippen molar-refractivity contribution < 1.29 is 4.79 Å². The van der Waals surface area contributed by atoms with Crippen LogP contribution in [0.25, 0.3) is 10.9 Å². The van der Waals surface area contributed by atoms with Crippen molar-refractivity contribution in [3.05, 3.63) is 58.8 Å². The van der Waals surface area contributed by atoms with Crippen LogP contribution in [0.4, 0.5) is 11.5 Å². The van der Waals surface area contributed by atoms with Crippen LogP contribution in [0.15, 0.2) is 47.4 Å². The van der Waals surface area contributed by atoms with Gasteiger partial charge in [-0.15, -0.1) is 0 Å². The molecule has 0 saturated carbocycles. The Balaban J connectivity index is 1.61. The Bertz CT molecular complexity index is 978. The van der Waals surface area contributed by atoms with Crippen LogP contribution in [0.2, 0.25) is 0 Å². The van der Waals surface area contributed by atoms with Crippen molar-refractivity contribution in [2.45, 2.75) is 26.7 Å². The topological polar surface area (TPSA) is 91.0 Å². The molecular weight excluding hydrogens is 342 g/mol. The first-order chi connectivity index (χ1) is 13.1. The Morgan fingerprint density at radius 1 is 1.15 bits per heavy atom. The van der Waals surface area contributed by atoms with Crippen LogP contribution in [0.3, 0.4) is 0 Å². The number of hydrogen-bond acceptors (Lipinski definition) is 5. The Morgan fingerprint density at radius 2 is 1.93 bits per heavy atom. The van der Waals surface area contributed by atoms with E-state index in [-0.39, 0.29) is 17.9 Å². The van der Waals surface area contributed by atoms with Crippen molar-refractivity contribution in [1.82, 2.24) is 15.0 Å². The number of aryl methyl sites for hydroxylation is 1. The van der Waals surface area contributed by atoms with Crippen molar-refractivity contribution in [2.24, 2.45) is 0 Å². The normalized spacial score (nSPS) is 10.7. The fourth-order valence-corrected chi connectivity index (χ4v) is 2.90. The quantitative estimate of drug-likeness (QED) is 0.672. The summed E-state index contributed by atoms with van der Waals surface area (Å²) in [6.07, 6.45) is 2.23. The number of nitrogens with one attached hydrogen (secondary N) is 2. The third-order valence-electron chi connectivity index (χ3n) is 4.37. The maximum absolute atomic E-state index is 12.2. The molecule has 0 aliphatic heterocycles. The highest BCUT2D eigenvalue weighted by molar-refractivity contribution is 5.90. The van der Waals surface area contributed by atoms with Crippen molar-refractivity contribution in [2.75, 3.05) is 23.3 Å². The number of carbonyl (C=O) groups is 1. The first-order valence-electron chi connectivity index (χ1n) is 9.09. The Hall–Kier alpha value is -3.22. The van der Waals surface area contributed by atoms with Gasteiger partial charge in [0.2, 0.25) is 5.91 Å². The lowest BCUT2D eigenvalue weighted by Crippen LogP contribution is -2.23. The second-order valence-electron chi connectivity index (χ2n) is 6.16. The molecular formula is C20H23N5O2. The van der Waals surface area contributed by atoms with E-state index in [1.807, 2.05) is 18.2 Å². The SMILES string of the molecule is CCN(CC)c1ccc(NC(=O)CCc2nc3ccccc3c(=O)[nH]2)cn1. The molecule has 0 atom stereocenters. The van der Waals surface area contributed by atoms with Gasteiger partial charge in [0.25, 0.3) is 5.56 Å². The van der Waals surface area contributed by atoms with E-state index >= 15 is 0 Å². The summed E-state index contributed by atoms with van der Waals surface area (Å²) in [4.78, 5) is 37.9. The molecule has 140 valence electrons. The first kappa shape index (κ1) is 18.6. The number of pyridine rings is 1. The molecule has 7 heteroatoms. The van der Waals surface area contributed by atoms with Gasteiger partial charge in [0, 0.05) is 25.9 Å². The standard InChI is InChI=1S/C20H23N5O2/c1-3-25(4-2)18-11-9-14(13-21-18)22-19(26)12-10-17-23-16-8-6-5-7-15(16)20(27)24-17/h5-9,11,13H,3-4,10,12H2,1-2H3,(H,22,26)(H,23,24,27). The third kappa shape index (κ3) is 4.49. The Kier molecular flexibility index (Phi) is 5.80. The average molecular weight is 365 g/mol. The predicted octanol–water partition coefficient (Wildman–Crippen LogP) is 2.74. The molecule has 0 bridgehead atoms. The number of aromatic amines is 1. The second-order valence-corrected chi connectivity index (χ2v) is 6.16. The van der Waals surface area contributed by atoms with E-state index in [1.54, 1.807) is 24.4 Å². The third-order valence-corrected chi connectivity index (χ3v) is 4.37. The molecule has 0 saturated heterocycles. The number of aromatic nitrogens is 3. The summed E-state index contributed by atoms with van der Waals surface area (Å²) in [5, 5.41) is 3.37. The summed E-state index contributed by atoms with van der Waals surface area (Å²) in [6.45, 7) is 5.91. The molecule has 1 amide bonds. The van der Waals surface area contributed by atoms with Gasteiger partial charge in [0.1, 0.15) is 11.6 Å². The Labute approximate surface area is 157 Å². The molecule has 0 unspecified atom stereocenters. The molecule has 0 spiro atoms. The molecule has 27 heavy (non-hydrogen) atoms. The van der Waals surface area contributed by atoms with E-state index in [4.69, 9.17) is 0 Å². The number of anilines is 2. The number of nitrogens with zero attached hydrogens (tertiary/aromatic N) is 3. The summed E-state index contributed by atoms with van der Waals surface area (Å²) in [7, 11) is 0. The molecule has 3 aromatic rings. The van der Waals surface area contributed by atoms with Crippen molar-refractivity contribution >= 4 is 28.3 Å². The zero-order chi connectivity index (χ0) is 19.2. The van der Waals surface area contributed by atoms with Gasteiger partial charge in [0.15, 0.2) is 0 Å². The van der Waals surface area contributed by atoms with E-state index < -0.39 is 0 Å². The fourth-order valence-electron chi connectivity index (χ4n) is 2.90. The lowest BCUT2D eigenvalue weighted by Gasteiger charge is -2.19. The zero-order valence-corrected chi connectivity index (χ0v) is 15.5. The lowest BCUT2D eigenvalue weighted by molar-refractivity contribution is -0.116. The summed E-state index contributed by atoms with van der Waals surface area (Å²) in [5.74, 6) is 1.24. The number of H-pyrrole nitrogens is 1. The summed E-state index contributed by atoms with van der Waals surface area (Å²) >= 11 is 0. The van der Waals surface area contributed by atoms with Gasteiger partial charge in [-0.05, 0) is 38.1 Å². The van der Waals surface area contributed by atoms with Gasteiger partial charge < -0.3 is 15.2 Å². The van der Waals surface area contributed by atoms with Crippen LogP contribution < -0.4 is 15.8 Å². The largest absolute Gasteiger partial charge is 0.357 e. The minimum absolute atomic E-state index is 0.150. The van der Waals surface area contributed by atoms with Gasteiger partial charge in [-0.1, -0.05) is 12.1 Å². The van der Waals surface area contributed by atoms with E-state index in [0.29, 0.717) is 28.8 Å². The van der Waals surface area contributed by atoms with Gasteiger partial charge in [-0.3, -0.25) is 9.59 Å². The number of amides is 1. The number of carbonyl (C=O) groups excluding carboxylic acids is 1. The average Bonchev–Trinajstić information content (AvgIpc) is 2.69. The molecule has 7 nitrogen and oxygen atoms in total. The monoisotopic (exact) mass is 365 g/mol. The smallest absolute Gasteiger partial charge is 0.258 e. The van der Waals surface area contributed by atoms with Gasteiger partial charge in [-0.2, -0.15) is 0 Å². The molecule has 0 fully saturated rings. The van der Waals surface area contributed by atoms with E-state index in [0.717, 1.165) is 18.9 Å². The van der Waals surface area contributed by atoms with Crippen LogP contribution >= 0.6 is 0 Å². The number of para-hydroxylation sites is 1. The predicted molar refractivity (Wildman–Crippen MR) is 107 cm³/mol.